The van der Waals surface area contributed by atoms with Crippen molar-refractivity contribution >= 4 is 5.82 Å². The number of fused-ring (bicyclic) bond motifs is 1. The fourth-order valence-corrected chi connectivity index (χ4v) is 3.56. The third kappa shape index (κ3) is 4.02. The minimum Gasteiger partial charge on any atom is -0.366 e. The topological polar surface area (TPSA) is 53.9 Å². The van der Waals surface area contributed by atoms with Crippen LogP contribution in [0.4, 0.5) is 10.2 Å². The molecule has 2 heterocycles. The number of nitrogens with one attached hydrogen (secondary N) is 1. The van der Waals surface area contributed by atoms with Gasteiger partial charge >= 0.3 is 0 Å². The predicted molar refractivity (Wildman–Crippen MR) is 108 cm³/mol. The Labute approximate surface area is 164 Å². The summed E-state index contributed by atoms with van der Waals surface area (Å²) in [7, 11) is 3.87. The molecule has 0 atom stereocenters. The molecule has 5 nitrogen and oxygen atoms in total. The van der Waals surface area contributed by atoms with Gasteiger partial charge in [0.2, 0.25) is 0 Å². The molecule has 1 aromatic carbocycles. The summed E-state index contributed by atoms with van der Waals surface area (Å²) in [6.07, 6.45) is 6.53. The fraction of sp³-hybridized carbons (Fsp3) is 0.318. The van der Waals surface area contributed by atoms with Crippen molar-refractivity contribution < 1.29 is 4.39 Å². The molecule has 0 aliphatic heterocycles. The van der Waals surface area contributed by atoms with Crippen LogP contribution < -0.4 is 5.32 Å². The molecule has 0 unspecified atom stereocenters. The molecule has 0 spiro atoms. The summed E-state index contributed by atoms with van der Waals surface area (Å²) in [5.74, 6) is 1.39. The smallest absolute Gasteiger partial charge is 0.161 e. The van der Waals surface area contributed by atoms with Crippen molar-refractivity contribution in [3.05, 3.63) is 70.9 Å². The molecule has 2 aromatic heterocycles. The van der Waals surface area contributed by atoms with Gasteiger partial charge in [-0.15, -0.1) is 0 Å². The van der Waals surface area contributed by atoms with Crippen LogP contribution in [0.2, 0.25) is 0 Å². The van der Waals surface area contributed by atoms with Gasteiger partial charge in [-0.2, -0.15) is 0 Å². The Balaban J connectivity index is 1.57. The van der Waals surface area contributed by atoms with E-state index in [1.165, 1.54) is 5.56 Å². The van der Waals surface area contributed by atoms with Crippen molar-refractivity contribution in [3.63, 3.8) is 0 Å². The van der Waals surface area contributed by atoms with Gasteiger partial charge in [0.15, 0.2) is 5.82 Å². The Hall–Kier alpha value is -2.86. The highest BCUT2D eigenvalue weighted by molar-refractivity contribution is 5.60. The molecule has 6 heteroatoms. The molecule has 0 amide bonds. The number of pyridine rings is 1. The Morgan fingerprint density at radius 1 is 1.07 bits per heavy atom. The molecule has 4 rings (SSSR count). The van der Waals surface area contributed by atoms with Crippen molar-refractivity contribution in [2.45, 2.75) is 32.4 Å². The molecule has 0 radical (unpaired) electrons. The number of benzene rings is 1. The van der Waals surface area contributed by atoms with Crippen LogP contribution in [0.5, 0.6) is 0 Å². The Morgan fingerprint density at radius 3 is 2.64 bits per heavy atom. The maximum absolute atomic E-state index is 14.4. The van der Waals surface area contributed by atoms with Gasteiger partial charge in [0.1, 0.15) is 11.6 Å². The van der Waals surface area contributed by atoms with Gasteiger partial charge in [0, 0.05) is 47.9 Å². The molecule has 0 bridgehead atoms. The molecule has 144 valence electrons. The minimum atomic E-state index is -0.168. The second kappa shape index (κ2) is 8.02. The molecule has 28 heavy (non-hydrogen) atoms. The second-order valence-electron chi connectivity index (χ2n) is 7.43. The van der Waals surface area contributed by atoms with Crippen LogP contribution in [-0.4, -0.2) is 33.9 Å². The Kier molecular flexibility index (Phi) is 5.30. The van der Waals surface area contributed by atoms with Crippen LogP contribution in [0.25, 0.3) is 11.4 Å². The normalized spacial score (nSPS) is 13.0. The summed E-state index contributed by atoms with van der Waals surface area (Å²) in [6, 6.07) is 9.27. The molecular formula is C22H24FN5. The van der Waals surface area contributed by atoms with E-state index in [1.807, 2.05) is 43.3 Å². The van der Waals surface area contributed by atoms with Crippen LogP contribution in [-0.2, 0) is 25.9 Å². The van der Waals surface area contributed by atoms with Crippen LogP contribution in [0.1, 0.15) is 28.8 Å². The largest absolute Gasteiger partial charge is 0.366 e. The maximum Gasteiger partial charge on any atom is 0.161 e. The van der Waals surface area contributed by atoms with Gasteiger partial charge in [-0.05, 0) is 57.1 Å². The average Bonchev–Trinajstić information content (AvgIpc) is 3.17. The summed E-state index contributed by atoms with van der Waals surface area (Å²) in [6.45, 7) is 1.12. The molecule has 1 N–H and O–H groups in total. The van der Waals surface area contributed by atoms with E-state index in [2.05, 4.69) is 10.3 Å². The van der Waals surface area contributed by atoms with Gasteiger partial charge in [-0.3, -0.25) is 4.98 Å². The van der Waals surface area contributed by atoms with E-state index < -0.39 is 0 Å². The zero-order chi connectivity index (χ0) is 19.5. The number of nitrogens with zero attached hydrogens (tertiary/aromatic N) is 4. The first-order chi connectivity index (χ1) is 13.6. The van der Waals surface area contributed by atoms with E-state index in [9.17, 15) is 4.39 Å². The quantitative estimate of drug-likeness (QED) is 0.707. The number of aryl methyl sites for hydroxylation is 1. The van der Waals surface area contributed by atoms with Gasteiger partial charge in [-0.1, -0.05) is 12.1 Å². The van der Waals surface area contributed by atoms with Crippen molar-refractivity contribution in [1.82, 2.24) is 19.9 Å². The van der Waals surface area contributed by atoms with Crippen LogP contribution in [0.15, 0.2) is 42.7 Å². The molecule has 0 saturated heterocycles. The van der Waals surface area contributed by atoms with Gasteiger partial charge in [0.25, 0.3) is 0 Å². The molecule has 1 aliphatic rings. The van der Waals surface area contributed by atoms with Crippen molar-refractivity contribution in [1.29, 1.82) is 0 Å². The predicted octanol–water partition coefficient (Wildman–Crippen LogP) is 3.84. The highest BCUT2D eigenvalue weighted by Crippen LogP contribution is 2.29. The maximum atomic E-state index is 14.4. The highest BCUT2D eigenvalue weighted by Gasteiger charge is 2.20. The highest BCUT2D eigenvalue weighted by atomic mass is 19.1. The summed E-state index contributed by atoms with van der Waals surface area (Å²) in [5.41, 5.74) is 4.85. The van der Waals surface area contributed by atoms with Gasteiger partial charge in [-0.25, -0.2) is 14.4 Å². The van der Waals surface area contributed by atoms with Crippen molar-refractivity contribution in [3.8, 4) is 11.4 Å². The number of halogens is 1. The number of aromatic nitrogens is 3. The Morgan fingerprint density at radius 2 is 1.89 bits per heavy atom. The standard InChI is InChI=1S/C22H24FN5/c1-28(2)14-17-7-6-15(12-19(17)23)13-25-22-18-4-3-5-20(18)26-21(27-22)16-8-10-24-11-9-16/h6-12H,3-5,13-14H2,1-2H3,(H,25,26,27). The number of hydrogen-bond acceptors (Lipinski definition) is 5. The molecular weight excluding hydrogens is 353 g/mol. The van der Waals surface area contributed by atoms with Crippen molar-refractivity contribution in [2.75, 3.05) is 19.4 Å². The van der Waals surface area contributed by atoms with Crippen LogP contribution in [0, 0.1) is 5.82 Å². The fourth-order valence-electron chi connectivity index (χ4n) is 3.56. The molecule has 0 saturated carbocycles. The average molecular weight is 377 g/mol. The second-order valence-corrected chi connectivity index (χ2v) is 7.43. The number of anilines is 1. The summed E-state index contributed by atoms with van der Waals surface area (Å²) >= 11 is 0. The summed E-state index contributed by atoms with van der Waals surface area (Å²) < 4.78 is 14.4. The third-order valence-electron chi connectivity index (χ3n) is 4.94. The summed E-state index contributed by atoms with van der Waals surface area (Å²) in [4.78, 5) is 15.5. The first-order valence-electron chi connectivity index (χ1n) is 9.56. The molecule has 3 aromatic rings. The van der Waals surface area contributed by atoms with E-state index in [0.717, 1.165) is 41.9 Å². The SMILES string of the molecule is CN(C)Cc1ccc(CNc2nc(-c3ccncc3)nc3c2CCC3)cc1F. The monoisotopic (exact) mass is 377 g/mol. The lowest BCUT2D eigenvalue weighted by atomic mass is 10.1. The third-order valence-corrected chi connectivity index (χ3v) is 4.94. The lowest BCUT2D eigenvalue weighted by Gasteiger charge is -2.14. The lowest BCUT2D eigenvalue weighted by Crippen LogP contribution is -2.12. The van der Waals surface area contributed by atoms with Crippen molar-refractivity contribution in [2.24, 2.45) is 0 Å². The van der Waals surface area contributed by atoms with Crippen LogP contribution in [0.3, 0.4) is 0 Å². The minimum absolute atomic E-state index is 0.168. The number of hydrogen-bond donors (Lipinski definition) is 1. The van der Waals surface area contributed by atoms with E-state index in [-0.39, 0.29) is 5.82 Å². The van der Waals surface area contributed by atoms with E-state index >= 15 is 0 Å². The molecule has 0 fully saturated rings. The van der Waals surface area contributed by atoms with Gasteiger partial charge in [0.05, 0.1) is 0 Å². The summed E-state index contributed by atoms with van der Waals surface area (Å²) in [5, 5.41) is 3.42. The van der Waals surface area contributed by atoms with E-state index in [0.29, 0.717) is 24.5 Å². The van der Waals surface area contributed by atoms with Crippen LogP contribution >= 0.6 is 0 Å². The van der Waals surface area contributed by atoms with Gasteiger partial charge < -0.3 is 10.2 Å². The Bertz CT molecular complexity index is 972. The first-order valence-corrected chi connectivity index (χ1v) is 9.56. The lowest BCUT2D eigenvalue weighted by molar-refractivity contribution is 0.392. The zero-order valence-electron chi connectivity index (χ0n) is 16.2. The zero-order valence-corrected chi connectivity index (χ0v) is 16.2. The van der Waals surface area contributed by atoms with E-state index in [4.69, 9.17) is 9.97 Å². The first kappa shape index (κ1) is 18.5. The number of rotatable bonds is 6. The van der Waals surface area contributed by atoms with E-state index in [1.54, 1.807) is 18.5 Å². The molecule has 1 aliphatic carbocycles.